The number of likely N-dealkylation sites (tertiary alicyclic amines) is 1. The molecule has 0 amide bonds. The van der Waals surface area contributed by atoms with Crippen LogP contribution in [0.1, 0.15) is 45.4 Å². The lowest BCUT2D eigenvalue weighted by molar-refractivity contribution is 0.0696. The first kappa shape index (κ1) is 12.0. The average Bonchev–Trinajstić information content (AvgIpc) is 3.00. The lowest BCUT2D eigenvalue weighted by Crippen LogP contribution is -2.52. The van der Waals surface area contributed by atoms with Gasteiger partial charge < -0.3 is 5.32 Å². The van der Waals surface area contributed by atoms with Crippen LogP contribution in [0.4, 0.5) is 0 Å². The van der Waals surface area contributed by atoms with E-state index in [9.17, 15) is 0 Å². The van der Waals surface area contributed by atoms with Crippen molar-refractivity contribution in [3.8, 4) is 0 Å². The molecule has 5 unspecified atom stereocenters. The third-order valence-corrected chi connectivity index (χ3v) is 5.83. The van der Waals surface area contributed by atoms with Crippen molar-refractivity contribution in [2.24, 2.45) is 17.8 Å². The molecule has 0 aromatic carbocycles. The van der Waals surface area contributed by atoms with Gasteiger partial charge in [-0.05, 0) is 57.0 Å². The third-order valence-electron chi connectivity index (χ3n) is 5.83. The Morgan fingerprint density at radius 2 is 2.06 bits per heavy atom. The van der Waals surface area contributed by atoms with Gasteiger partial charge in [0.1, 0.15) is 0 Å². The van der Waals surface area contributed by atoms with Gasteiger partial charge in [0.2, 0.25) is 0 Å². The predicted octanol–water partition coefficient (Wildman–Crippen LogP) is 2.49. The SMILES string of the molecule is CCC1CN(C2CC3CCC2C3)CCC1NC. The van der Waals surface area contributed by atoms with E-state index in [4.69, 9.17) is 0 Å². The Hall–Kier alpha value is -0.0800. The zero-order chi connectivity index (χ0) is 11.8. The molecule has 2 nitrogen and oxygen atoms in total. The minimum Gasteiger partial charge on any atom is -0.317 e. The van der Waals surface area contributed by atoms with Crippen LogP contribution < -0.4 is 5.32 Å². The first-order valence-electron chi connectivity index (χ1n) is 7.73. The fourth-order valence-corrected chi connectivity index (χ4v) is 4.81. The smallest absolute Gasteiger partial charge is 0.0126 e. The van der Waals surface area contributed by atoms with E-state index in [0.717, 1.165) is 29.8 Å². The zero-order valence-electron chi connectivity index (χ0n) is 11.5. The maximum Gasteiger partial charge on any atom is 0.0126 e. The number of nitrogens with zero attached hydrogens (tertiary/aromatic N) is 1. The summed E-state index contributed by atoms with van der Waals surface area (Å²) in [6.45, 7) is 5.06. The van der Waals surface area contributed by atoms with Crippen molar-refractivity contribution in [3.05, 3.63) is 0 Å². The van der Waals surface area contributed by atoms with Gasteiger partial charge in [-0.1, -0.05) is 19.8 Å². The molecule has 3 aliphatic rings. The van der Waals surface area contributed by atoms with Crippen molar-refractivity contribution in [1.29, 1.82) is 0 Å². The minimum absolute atomic E-state index is 0.773. The molecule has 3 fully saturated rings. The highest BCUT2D eigenvalue weighted by Gasteiger charge is 2.43. The van der Waals surface area contributed by atoms with Crippen molar-refractivity contribution in [2.45, 2.75) is 57.5 Å². The largest absolute Gasteiger partial charge is 0.317 e. The molecule has 2 heteroatoms. The van der Waals surface area contributed by atoms with Gasteiger partial charge in [0.15, 0.2) is 0 Å². The fraction of sp³-hybridized carbons (Fsp3) is 1.00. The quantitative estimate of drug-likeness (QED) is 0.810. The Labute approximate surface area is 106 Å². The number of hydrogen-bond donors (Lipinski definition) is 1. The summed E-state index contributed by atoms with van der Waals surface area (Å²) in [5.74, 6) is 3.03. The molecule has 98 valence electrons. The monoisotopic (exact) mass is 236 g/mol. The maximum atomic E-state index is 3.52. The van der Waals surface area contributed by atoms with Gasteiger partial charge in [-0.15, -0.1) is 0 Å². The molecule has 1 N–H and O–H groups in total. The summed E-state index contributed by atoms with van der Waals surface area (Å²) < 4.78 is 0. The van der Waals surface area contributed by atoms with Gasteiger partial charge in [-0.3, -0.25) is 4.90 Å². The van der Waals surface area contributed by atoms with E-state index in [1.54, 1.807) is 6.42 Å². The predicted molar refractivity (Wildman–Crippen MR) is 72.1 cm³/mol. The highest BCUT2D eigenvalue weighted by atomic mass is 15.2. The molecule has 2 aliphatic carbocycles. The number of hydrogen-bond acceptors (Lipinski definition) is 2. The molecule has 2 saturated carbocycles. The summed E-state index contributed by atoms with van der Waals surface area (Å²) in [5.41, 5.74) is 0. The molecular weight excluding hydrogens is 208 g/mol. The second-order valence-corrected chi connectivity index (χ2v) is 6.59. The normalized spacial score (nSPS) is 46.6. The van der Waals surface area contributed by atoms with Crippen LogP contribution in [0.2, 0.25) is 0 Å². The molecular formula is C15H28N2. The number of rotatable bonds is 3. The summed E-state index contributed by atoms with van der Waals surface area (Å²) in [7, 11) is 2.14. The van der Waals surface area contributed by atoms with Crippen molar-refractivity contribution in [1.82, 2.24) is 10.2 Å². The van der Waals surface area contributed by atoms with Crippen LogP contribution in [0.15, 0.2) is 0 Å². The lowest BCUT2D eigenvalue weighted by Gasteiger charge is -2.43. The topological polar surface area (TPSA) is 15.3 Å². The Morgan fingerprint density at radius 3 is 2.65 bits per heavy atom. The second-order valence-electron chi connectivity index (χ2n) is 6.59. The van der Waals surface area contributed by atoms with Crippen molar-refractivity contribution in [3.63, 3.8) is 0 Å². The van der Waals surface area contributed by atoms with Gasteiger partial charge in [0.05, 0.1) is 0 Å². The molecule has 1 heterocycles. The van der Waals surface area contributed by atoms with E-state index >= 15 is 0 Å². The van der Waals surface area contributed by atoms with E-state index < -0.39 is 0 Å². The molecule has 0 aromatic heterocycles. The average molecular weight is 236 g/mol. The Kier molecular flexibility index (Phi) is 3.45. The first-order valence-corrected chi connectivity index (χ1v) is 7.73. The highest BCUT2D eigenvalue weighted by molar-refractivity contribution is 4.97. The van der Waals surface area contributed by atoms with E-state index in [1.165, 1.54) is 45.2 Å². The summed E-state index contributed by atoms with van der Waals surface area (Å²) >= 11 is 0. The number of piperidine rings is 1. The standard InChI is InChI=1S/C15H28N2/c1-3-12-10-17(7-6-14(12)16-2)15-9-11-4-5-13(15)8-11/h11-16H,3-10H2,1-2H3. The molecule has 1 aliphatic heterocycles. The number of fused-ring (bicyclic) bond motifs is 2. The van der Waals surface area contributed by atoms with Crippen LogP contribution >= 0.6 is 0 Å². The van der Waals surface area contributed by atoms with Crippen molar-refractivity contribution >= 4 is 0 Å². The van der Waals surface area contributed by atoms with Crippen LogP contribution in [0.5, 0.6) is 0 Å². The molecule has 0 spiro atoms. The van der Waals surface area contributed by atoms with Crippen LogP contribution in [0, 0.1) is 17.8 Å². The zero-order valence-corrected chi connectivity index (χ0v) is 11.5. The first-order chi connectivity index (χ1) is 8.31. The maximum absolute atomic E-state index is 3.52. The van der Waals surface area contributed by atoms with Crippen LogP contribution in [0.25, 0.3) is 0 Å². The number of nitrogens with one attached hydrogen (secondary N) is 1. The second kappa shape index (κ2) is 4.89. The van der Waals surface area contributed by atoms with E-state index in [-0.39, 0.29) is 0 Å². The Morgan fingerprint density at radius 1 is 1.18 bits per heavy atom. The van der Waals surface area contributed by atoms with E-state index in [0.29, 0.717) is 0 Å². The molecule has 2 bridgehead atoms. The molecule has 17 heavy (non-hydrogen) atoms. The van der Waals surface area contributed by atoms with E-state index in [2.05, 4.69) is 24.2 Å². The van der Waals surface area contributed by atoms with Gasteiger partial charge in [0, 0.05) is 18.6 Å². The van der Waals surface area contributed by atoms with Crippen LogP contribution in [0.3, 0.4) is 0 Å². The molecule has 5 atom stereocenters. The third kappa shape index (κ3) is 2.15. The fourth-order valence-electron chi connectivity index (χ4n) is 4.81. The molecule has 3 rings (SSSR count). The molecule has 1 saturated heterocycles. The summed E-state index contributed by atoms with van der Waals surface area (Å²) in [6, 6.07) is 1.73. The van der Waals surface area contributed by atoms with Gasteiger partial charge >= 0.3 is 0 Å². The van der Waals surface area contributed by atoms with Gasteiger partial charge in [-0.2, -0.15) is 0 Å². The molecule has 0 aromatic rings. The van der Waals surface area contributed by atoms with Crippen molar-refractivity contribution in [2.75, 3.05) is 20.1 Å². The Bertz CT molecular complexity index is 266. The van der Waals surface area contributed by atoms with Gasteiger partial charge in [-0.25, -0.2) is 0 Å². The highest BCUT2D eigenvalue weighted by Crippen LogP contribution is 2.47. The van der Waals surface area contributed by atoms with Crippen LogP contribution in [-0.4, -0.2) is 37.1 Å². The summed E-state index contributed by atoms with van der Waals surface area (Å²) in [6.07, 6.45) is 8.83. The molecule has 0 radical (unpaired) electrons. The van der Waals surface area contributed by atoms with E-state index in [1.807, 2.05) is 0 Å². The van der Waals surface area contributed by atoms with Crippen LogP contribution in [-0.2, 0) is 0 Å². The minimum atomic E-state index is 0.773. The summed E-state index contributed by atoms with van der Waals surface area (Å²) in [4.78, 5) is 2.85. The Balaban J connectivity index is 1.62. The lowest BCUT2D eigenvalue weighted by atomic mass is 9.86. The van der Waals surface area contributed by atoms with Crippen molar-refractivity contribution < 1.29 is 0 Å². The van der Waals surface area contributed by atoms with Gasteiger partial charge in [0.25, 0.3) is 0 Å². The summed E-state index contributed by atoms with van der Waals surface area (Å²) in [5, 5.41) is 3.52.